The fourth-order valence-electron chi connectivity index (χ4n) is 3.79. The van der Waals surface area contributed by atoms with Crippen molar-refractivity contribution in [1.82, 2.24) is 10.2 Å². The Labute approximate surface area is 156 Å². The monoisotopic (exact) mass is 424 g/mol. The van der Waals surface area contributed by atoms with Crippen LogP contribution in [0.5, 0.6) is 0 Å². The summed E-state index contributed by atoms with van der Waals surface area (Å²) >= 11 is 0. The van der Waals surface area contributed by atoms with Crippen LogP contribution in [0.2, 0.25) is 0 Å². The number of nitriles is 1. The van der Waals surface area contributed by atoms with Crippen LogP contribution in [0.3, 0.4) is 0 Å². The molecular weight excluding hydrogens is 399 g/mol. The quantitative estimate of drug-likeness (QED) is 0.450. The first-order valence-corrected chi connectivity index (χ1v) is 8.25. The average Bonchev–Trinajstić information content (AvgIpc) is 3.00. The molecule has 23 heavy (non-hydrogen) atoms. The molecule has 1 aromatic carbocycles. The van der Waals surface area contributed by atoms with Gasteiger partial charge in [-0.2, -0.15) is 5.26 Å². The molecule has 1 saturated heterocycles. The molecule has 5 heteroatoms. The first kappa shape index (κ1) is 18.1. The van der Waals surface area contributed by atoms with Crippen LogP contribution < -0.4 is 5.32 Å². The summed E-state index contributed by atoms with van der Waals surface area (Å²) in [5.74, 6) is 2.74. The van der Waals surface area contributed by atoms with Crippen molar-refractivity contribution < 1.29 is 0 Å². The lowest BCUT2D eigenvalue weighted by molar-refractivity contribution is 0.299. The second kappa shape index (κ2) is 8.53. The van der Waals surface area contributed by atoms with Crippen molar-refractivity contribution in [1.29, 1.82) is 5.26 Å². The number of likely N-dealkylation sites (tertiary alicyclic amines) is 1. The van der Waals surface area contributed by atoms with Gasteiger partial charge in [0.1, 0.15) is 0 Å². The highest BCUT2D eigenvalue weighted by atomic mass is 127. The molecule has 2 atom stereocenters. The van der Waals surface area contributed by atoms with Gasteiger partial charge in [0.15, 0.2) is 5.96 Å². The van der Waals surface area contributed by atoms with E-state index in [9.17, 15) is 0 Å². The lowest BCUT2D eigenvalue weighted by atomic mass is 9.82. The zero-order valence-electron chi connectivity index (χ0n) is 13.7. The van der Waals surface area contributed by atoms with Crippen LogP contribution in [0.25, 0.3) is 0 Å². The second-order valence-corrected chi connectivity index (χ2v) is 6.42. The van der Waals surface area contributed by atoms with E-state index in [1.807, 2.05) is 31.3 Å². The molecule has 1 aliphatic carbocycles. The Morgan fingerprint density at radius 3 is 2.35 bits per heavy atom. The molecule has 2 aliphatic rings. The van der Waals surface area contributed by atoms with E-state index in [1.165, 1.54) is 31.2 Å². The Bertz CT molecular complexity index is 562. The maximum absolute atomic E-state index is 8.84. The molecule has 1 heterocycles. The van der Waals surface area contributed by atoms with Crippen molar-refractivity contribution in [2.45, 2.75) is 32.2 Å². The third kappa shape index (κ3) is 4.37. The predicted octanol–water partition coefficient (Wildman–Crippen LogP) is 3.37. The Balaban J connectivity index is 0.00000192. The van der Waals surface area contributed by atoms with Crippen LogP contribution in [0, 0.1) is 23.2 Å². The molecule has 1 saturated carbocycles. The SMILES string of the molecule is CN=C(NCc1ccc(C#N)cc1)N1CC2CCCCC2C1.I. The van der Waals surface area contributed by atoms with Crippen molar-refractivity contribution >= 4 is 29.9 Å². The Morgan fingerprint density at radius 1 is 1.22 bits per heavy atom. The maximum atomic E-state index is 8.84. The number of halogens is 1. The zero-order chi connectivity index (χ0) is 15.4. The first-order valence-electron chi connectivity index (χ1n) is 8.25. The number of hydrogen-bond acceptors (Lipinski definition) is 2. The van der Waals surface area contributed by atoms with E-state index in [4.69, 9.17) is 5.26 Å². The van der Waals surface area contributed by atoms with E-state index in [0.29, 0.717) is 5.56 Å². The number of rotatable bonds is 2. The Kier molecular flexibility index (Phi) is 6.70. The van der Waals surface area contributed by atoms with E-state index < -0.39 is 0 Å². The average molecular weight is 424 g/mol. The van der Waals surface area contributed by atoms with Crippen LogP contribution in [0.4, 0.5) is 0 Å². The molecule has 3 rings (SSSR count). The largest absolute Gasteiger partial charge is 0.352 e. The lowest BCUT2D eigenvalue weighted by Gasteiger charge is -2.22. The molecule has 1 aromatic rings. The van der Waals surface area contributed by atoms with Gasteiger partial charge < -0.3 is 10.2 Å². The molecule has 1 aliphatic heterocycles. The van der Waals surface area contributed by atoms with Gasteiger partial charge in [-0.15, -0.1) is 24.0 Å². The summed E-state index contributed by atoms with van der Waals surface area (Å²) in [6.45, 7) is 3.06. The van der Waals surface area contributed by atoms with Crippen molar-refractivity contribution in [3.05, 3.63) is 35.4 Å². The third-order valence-corrected chi connectivity index (χ3v) is 5.02. The maximum Gasteiger partial charge on any atom is 0.193 e. The Hall–Kier alpha value is -1.29. The molecule has 2 fully saturated rings. The number of nitrogens with zero attached hydrogens (tertiary/aromatic N) is 3. The van der Waals surface area contributed by atoms with E-state index in [0.717, 1.165) is 37.4 Å². The van der Waals surface area contributed by atoms with Crippen molar-refractivity contribution in [3.8, 4) is 6.07 Å². The molecule has 2 unspecified atom stereocenters. The molecule has 4 nitrogen and oxygen atoms in total. The van der Waals surface area contributed by atoms with Gasteiger partial charge in [-0.1, -0.05) is 25.0 Å². The number of fused-ring (bicyclic) bond motifs is 1. The summed E-state index contributed by atoms with van der Waals surface area (Å²) in [5, 5.41) is 12.3. The summed E-state index contributed by atoms with van der Waals surface area (Å²) in [4.78, 5) is 6.88. The number of aliphatic imine (C=N–C) groups is 1. The van der Waals surface area contributed by atoms with Crippen LogP contribution in [-0.2, 0) is 6.54 Å². The molecule has 1 N–H and O–H groups in total. The number of hydrogen-bond donors (Lipinski definition) is 1. The highest BCUT2D eigenvalue weighted by Crippen LogP contribution is 2.35. The molecule has 0 bridgehead atoms. The molecule has 0 spiro atoms. The summed E-state index contributed by atoms with van der Waals surface area (Å²) < 4.78 is 0. The van der Waals surface area contributed by atoms with Crippen molar-refractivity contribution in [2.75, 3.05) is 20.1 Å². The highest BCUT2D eigenvalue weighted by molar-refractivity contribution is 14.0. The van der Waals surface area contributed by atoms with Gasteiger partial charge in [-0.05, 0) is 42.4 Å². The van der Waals surface area contributed by atoms with Gasteiger partial charge in [0.05, 0.1) is 11.6 Å². The van der Waals surface area contributed by atoms with Gasteiger partial charge in [-0.3, -0.25) is 4.99 Å². The minimum absolute atomic E-state index is 0. The van der Waals surface area contributed by atoms with Crippen molar-refractivity contribution in [3.63, 3.8) is 0 Å². The molecule has 0 radical (unpaired) electrons. The van der Waals surface area contributed by atoms with Crippen LogP contribution in [0.15, 0.2) is 29.3 Å². The predicted molar refractivity (Wildman–Crippen MR) is 104 cm³/mol. The zero-order valence-corrected chi connectivity index (χ0v) is 16.0. The van der Waals surface area contributed by atoms with Gasteiger partial charge >= 0.3 is 0 Å². The number of nitrogens with one attached hydrogen (secondary N) is 1. The molecule has 0 aromatic heterocycles. The summed E-state index contributed by atoms with van der Waals surface area (Å²) in [6, 6.07) is 9.89. The topological polar surface area (TPSA) is 51.4 Å². The minimum Gasteiger partial charge on any atom is -0.352 e. The fourth-order valence-corrected chi connectivity index (χ4v) is 3.79. The summed E-state index contributed by atoms with van der Waals surface area (Å²) in [7, 11) is 1.86. The van der Waals surface area contributed by atoms with Gasteiger partial charge in [0.25, 0.3) is 0 Å². The molecule has 0 amide bonds. The first-order chi connectivity index (χ1) is 10.8. The lowest BCUT2D eigenvalue weighted by Crippen LogP contribution is -2.39. The van der Waals surface area contributed by atoms with E-state index in [-0.39, 0.29) is 24.0 Å². The summed E-state index contributed by atoms with van der Waals surface area (Å²) in [5.41, 5.74) is 1.88. The number of benzene rings is 1. The minimum atomic E-state index is 0. The standard InChI is InChI=1S/C18H24N4.HI/c1-20-18(21-11-15-8-6-14(10-19)7-9-15)22-12-16-4-2-3-5-17(16)13-22;/h6-9,16-17H,2-5,11-13H2,1H3,(H,20,21);1H. The van der Waals surface area contributed by atoms with E-state index in [2.05, 4.69) is 21.3 Å². The normalized spacial score (nSPS) is 23.7. The van der Waals surface area contributed by atoms with E-state index in [1.54, 1.807) is 0 Å². The van der Waals surface area contributed by atoms with Gasteiger partial charge in [0.2, 0.25) is 0 Å². The fraction of sp³-hybridized carbons (Fsp3) is 0.556. The number of guanidine groups is 1. The van der Waals surface area contributed by atoms with Gasteiger partial charge in [0, 0.05) is 26.7 Å². The second-order valence-electron chi connectivity index (χ2n) is 6.42. The third-order valence-electron chi connectivity index (χ3n) is 5.02. The summed E-state index contributed by atoms with van der Waals surface area (Å²) in [6.07, 6.45) is 5.56. The smallest absolute Gasteiger partial charge is 0.193 e. The Morgan fingerprint density at radius 2 is 1.83 bits per heavy atom. The molecule has 124 valence electrons. The van der Waals surface area contributed by atoms with Crippen LogP contribution in [0.1, 0.15) is 36.8 Å². The van der Waals surface area contributed by atoms with Crippen molar-refractivity contribution in [2.24, 2.45) is 16.8 Å². The van der Waals surface area contributed by atoms with Crippen LogP contribution >= 0.6 is 24.0 Å². The van der Waals surface area contributed by atoms with Gasteiger partial charge in [-0.25, -0.2) is 0 Å². The molecular formula is C18H25IN4. The highest BCUT2D eigenvalue weighted by Gasteiger charge is 2.35. The van der Waals surface area contributed by atoms with E-state index >= 15 is 0 Å². The van der Waals surface area contributed by atoms with Crippen LogP contribution in [-0.4, -0.2) is 31.0 Å².